The summed E-state index contributed by atoms with van der Waals surface area (Å²) in [6, 6.07) is 7.88. The molecule has 0 aliphatic carbocycles. The molecule has 5 rings (SSSR count). The number of aromatic nitrogens is 4. The molecule has 9 nitrogen and oxygen atoms in total. The van der Waals surface area contributed by atoms with Gasteiger partial charge in [0.15, 0.2) is 0 Å². The zero-order valence-corrected chi connectivity index (χ0v) is 20.1. The van der Waals surface area contributed by atoms with Gasteiger partial charge < -0.3 is 15.4 Å². The zero-order valence-electron chi connectivity index (χ0n) is 19.3. The summed E-state index contributed by atoms with van der Waals surface area (Å²) in [7, 11) is 0. The van der Waals surface area contributed by atoms with Crippen LogP contribution < -0.4 is 10.5 Å². The molecule has 0 bridgehead atoms. The lowest BCUT2D eigenvalue weighted by atomic mass is 10.1. The average molecular weight is 501 g/mol. The zero-order chi connectivity index (χ0) is 25.2. The number of nitrogen functional groups attached to an aromatic ring is 1. The summed E-state index contributed by atoms with van der Waals surface area (Å²) in [5.74, 6) is 6.29. The highest BCUT2D eigenvalue weighted by Gasteiger charge is 2.34. The largest absolute Gasteiger partial charge is 0.457 e. The van der Waals surface area contributed by atoms with Gasteiger partial charge in [0.05, 0.1) is 11.1 Å². The summed E-state index contributed by atoms with van der Waals surface area (Å²) in [4.78, 5) is 40.7. The molecule has 1 aliphatic heterocycles. The van der Waals surface area contributed by atoms with Gasteiger partial charge in [-0.2, -0.15) is 0 Å². The number of hydrogen-bond acceptors (Lipinski definition) is 7. The van der Waals surface area contributed by atoms with Crippen molar-refractivity contribution in [1.29, 1.82) is 0 Å². The second-order valence-corrected chi connectivity index (χ2v) is 8.54. The van der Waals surface area contributed by atoms with E-state index in [4.69, 9.17) is 22.1 Å². The van der Waals surface area contributed by atoms with E-state index < -0.39 is 5.78 Å². The van der Waals surface area contributed by atoms with E-state index in [1.807, 2.05) is 0 Å². The van der Waals surface area contributed by atoms with E-state index >= 15 is 0 Å². The number of carbonyl (C=O) groups is 2. The maximum Gasteiger partial charge on any atom is 0.299 e. The Bertz CT molecular complexity index is 1540. The molecule has 1 atom stereocenters. The Balaban J connectivity index is 1.54. The van der Waals surface area contributed by atoms with Gasteiger partial charge >= 0.3 is 0 Å². The van der Waals surface area contributed by atoms with Crippen molar-refractivity contribution in [2.24, 2.45) is 0 Å². The maximum absolute atomic E-state index is 13.7. The molecular weight excluding hydrogens is 480 g/mol. The molecule has 36 heavy (non-hydrogen) atoms. The number of carbonyl (C=O) groups excluding carboxylic acids is 2. The van der Waals surface area contributed by atoms with Gasteiger partial charge in [0, 0.05) is 43.0 Å². The number of benzene rings is 1. The monoisotopic (exact) mass is 500 g/mol. The lowest BCUT2D eigenvalue weighted by Crippen LogP contribution is -2.30. The molecule has 1 amide bonds. The SMILES string of the molecule is CC#CC(=O)N1CCC[C@H]1c1nc(C(=O)c2ccc(Oc3ccncc3)cc2Cl)c2c(N)nccn12. The van der Waals surface area contributed by atoms with E-state index in [2.05, 4.69) is 26.8 Å². The number of halogens is 1. The number of pyridine rings is 1. The standard InChI is InChI=1S/C26H21ClN6O3/c1-2-4-21(34)32-13-3-5-20(32)26-31-22(23-25(28)30-12-14-33(23)26)24(35)18-7-6-17(15-19(18)27)36-16-8-10-29-11-9-16/h6-12,14-15,20H,3,5,13H2,1H3,(H2,28,30)/t20-/m0/s1. The van der Waals surface area contributed by atoms with E-state index in [1.165, 1.54) is 6.20 Å². The second-order valence-electron chi connectivity index (χ2n) is 8.14. The maximum atomic E-state index is 13.7. The molecule has 0 spiro atoms. The van der Waals surface area contributed by atoms with Crippen LogP contribution in [0.4, 0.5) is 5.82 Å². The number of ketones is 1. The Kier molecular flexibility index (Phi) is 6.27. The van der Waals surface area contributed by atoms with Crippen LogP contribution in [-0.4, -0.2) is 42.5 Å². The summed E-state index contributed by atoms with van der Waals surface area (Å²) < 4.78 is 7.50. The molecule has 1 aromatic carbocycles. The third kappa shape index (κ3) is 4.23. The molecule has 0 radical (unpaired) electrons. The first kappa shape index (κ1) is 23.3. The van der Waals surface area contributed by atoms with Crippen molar-refractivity contribution < 1.29 is 14.3 Å². The first-order chi connectivity index (χ1) is 17.5. The molecule has 10 heteroatoms. The van der Waals surface area contributed by atoms with E-state index in [9.17, 15) is 9.59 Å². The fourth-order valence-corrected chi connectivity index (χ4v) is 4.61. The van der Waals surface area contributed by atoms with Crippen LogP contribution in [0.5, 0.6) is 11.5 Å². The van der Waals surface area contributed by atoms with Crippen molar-refractivity contribution in [3.05, 3.63) is 77.2 Å². The Labute approximate surface area is 211 Å². The van der Waals surface area contributed by atoms with E-state index in [1.54, 1.807) is 65.1 Å². The van der Waals surface area contributed by atoms with Gasteiger partial charge in [-0.05, 0) is 50.0 Å². The molecule has 4 heterocycles. The lowest BCUT2D eigenvalue weighted by molar-refractivity contribution is -0.126. The Morgan fingerprint density at radius 1 is 1.17 bits per heavy atom. The number of hydrogen-bond donors (Lipinski definition) is 1. The molecule has 180 valence electrons. The number of anilines is 1. The number of nitrogens with two attached hydrogens (primary N) is 1. The highest BCUT2D eigenvalue weighted by molar-refractivity contribution is 6.35. The number of likely N-dealkylation sites (tertiary alicyclic amines) is 1. The third-order valence-corrected chi connectivity index (χ3v) is 6.25. The van der Waals surface area contributed by atoms with Crippen LogP contribution in [0.1, 0.15) is 47.7 Å². The Hall–Kier alpha value is -4.42. The molecule has 3 aromatic heterocycles. The van der Waals surface area contributed by atoms with Gasteiger partial charge in [0.2, 0.25) is 5.78 Å². The van der Waals surface area contributed by atoms with Crippen LogP contribution >= 0.6 is 11.6 Å². The van der Waals surface area contributed by atoms with Crippen LogP contribution in [0.2, 0.25) is 5.02 Å². The van der Waals surface area contributed by atoms with E-state index in [0.717, 1.165) is 6.42 Å². The normalized spacial score (nSPS) is 14.9. The molecule has 2 N–H and O–H groups in total. The topological polar surface area (TPSA) is 116 Å². The number of amides is 1. The summed E-state index contributed by atoms with van der Waals surface area (Å²) >= 11 is 6.50. The fourth-order valence-electron chi connectivity index (χ4n) is 4.35. The smallest absolute Gasteiger partial charge is 0.299 e. The number of rotatable bonds is 5. The first-order valence-electron chi connectivity index (χ1n) is 11.3. The lowest BCUT2D eigenvalue weighted by Gasteiger charge is -2.21. The molecular formula is C26H21ClN6O3. The van der Waals surface area contributed by atoms with Gasteiger partial charge in [-0.15, -0.1) is 0 Å². The number of fused-ring (bicyclic) bond motifs is 1. The third-order valence-electron chi connectivity index (χ3n) is 5.94. The highest BCUT2D eigenvalue weighted by Crippen LogP contribution is 2.35. The predicted molar refractivity (Wildman–Crippen MR) is 134 cm³/mol. The minimum absolute atomic E-state index is 0.112. The number of imidazole rings is 1. The van der Waals surface area contributed by atoms with Crippen LogP contribution in [0, 0.1) is 11.8 Å². The van der Waals surface area contributed by atoms with Gasteiger partial charge in [0.1, 0.15) is 34.4 Å². The van der Waals surface area contributed by atoms with Crippen LogP contribution in [0.3, 0.4) is 0 Å². The van der Waals surface area contributed by atoms with Gasteiger partial charge in [0.25, 0.3) is 5.91 Å². The van der Waals surface area contributed by atoms with Crippen LogP contribution in [-0.2, 0) is 4.79 Å². The van der Waals surface area contributed by atoms with Crippen molar-refractivity contribution in [2.75, 3.05) is 12.3 Å². The molecule has 0 saturated carbocycles. The highest BCUT2D eigenvalue weighted by atomic mass is 35.5. The second kappa shape index (κ2) is 9.68. The van der Waals surface area contributed by atoms with Crippen LogP contribution in [0.15, 0.2) is 55.1 Å². The minimum atomic E-state index is -0.414. The Morgan fingerprint density at radius 3 is 2.72 bits per heavy atom. The first-order valence-corrected chi connectivity index (χ1v) is 11.6. The quantitative estimate of drug-likeness (QED) is 0.324. The van der Waals surface area contributed by atoms with Crippen LogP contribution in [0.25, 0.3) is 5.52 Å². The van der Waals surface area contributed by atoms with E-state index in [-0.39, 0.29) is 34.0 Å². The van der Waals surface area contributed by atoms with Gasteiger partial charge in [-0.1, -0.05) is 17.5 Å². The molecule has 1 saturated heterocycles. The molecule has 1 aliphatic rings. The van der Waals surface area contributed by atoms with Gasteiger partial charge in [-0.3, -0.25) is 19.0 Å². The molecule has 1 fully saturated rings. The predicted octanol–water partition coefficient (Wildman–Crippen LogP) is 4.07. The minimum Gasteiger partial charge on any atom is -0.457 e. The van der Waals surface area contributed by atoms with Crippen molar-refractivity contribution in [2.45, 2.75) is 25.8 Å². The number of nitrogens with zero attached hydrogens (tertiary/aromatic N) is 5. The Morgan fingerprint density at radius 2 is 1.97 bits per heavy atom. The summed E-state index contributed by atoms with van der Waals surface area (Å²) in [5, 5.41) is 0.201. The number of ether oxygens (including phenoxy) is 1. The average Bonchev–Trinajstić information content (AvgIpc) is 3.50. The van der Waals surface area contributed by atoms with Crippen molar-refractivity contribution in [3.63, 3.8) is 0 Å². The summed E-state index contributed by atoms with van der Waals surface area (Å²) in [6.45, 7) is 2.18. The molecule has 0 unspecified atom stereocenters. The van der Waals surface area contributed by atoms with Gasteiger partial charge in [-0.25, -0.2) is 9.97 Å². The van der Waals surface area contributed by atoms with Crippen molar-refractivity contribution in [3.8, 4) is 23.3 Å². The summed E-state index contributed by atoms with van der Waals surface area (Å²) in [5.41, 5.74) is 6.91. The van der Waals surface area contributed by atoms with Crippen molar-refractivity contribution in [1.82, 2.24) is 24.3 Å². The fraction of sp³-hybridized carbons (Fsp3) is 0.192. The molecule has 4 aromatic rings. The van der Waals surface area contributed by atoms with E-state index in [0.29, 0.717) is 35.8 Å². The van der Waals surface area contributed by atoms with Crippen molar-refractivity contribution >= 4 is 34.6 Å². The summed E-state index contributed by atoms with van der Waals surface area (Å²) in [6.07, 6.45) is 7.93.